The Hall–Kier alpha value is -1.81. The Balaban J connectivity index is 2.50. The van der Waals surface area contributed by atoms with Crippen molar-refractivity contribution >= 4 is 12.0 Å². The number of nitrogens with one attached hydrogen (secondary N) is 1. The van der Waals surface area contributed by atoms with Crippen LogP contribution in [0.2, 0.25) is 0 Å². The second-order valence-electron chi connectivity index (χ2n) is 5.57. The Bertz CT molecular complexity index is 475. The lowest BCUT2D eigenvalue weighted by atomic mass is 9.92. The predicted octanol–water partition coefficient (Wildman–Crippen LogP) is 2.62. The van der Waals surface area contributed by atoms with Crippen LogP contribution in [-0.4, -0.2) is 29.8 Å². The van der Waals surface area contributed by atoms with E-state index in [0.717, 1.165) is 11.3 Å². The summed E-state index contributed by atoms with van der Waals surface area (Å²) < 4.78 is 5.35. The van der Waals surface area contributed by atoms with Gasteiger partial charge in [0.15, 0.2) is 0 Å². The van der Waals surface area contributed by atoms with E-state index >= 15 is 0 Å². The summed E-state index contributed by atoms with van der Waals surface area (Å²) in [6.45, 7) is 8.35. The predicted molar refractivity (Wildman–Crippen MR) is 85.1 cm³/mol. The normalized spacial score (nSPS) is 14.2. The molecule has 0 heterocycles. The zero-order valence-corrected chi connectivity index (χ0v) is 13.2. The lowest BCUT2D eigenvalue weighted by Gasteiger charge is -2.27. The molecule has 1 aromatic carbocycles. The average Bonchev–Trinajstić information content (AvgIpc) is 2.44. The van der Waals surface area contributed by atoms with Crippen molar-refractivity contribution < 1.29 is 14.6 Å². The van der Waals surface area contributed by atoms with Gasteiger partial charge in [-0.05, 0) is 43.5 Å². The molecule has 21 heavy (non-hydrogen) atoms. The first kappa shape index (κ1) is 17.2. The molecule has 0 bridgehead atoms. The molecule has 4 nitrogen and oxygen atoms in total. The molecular formula is C17H25NO3. The highest BCUT2D eigenvalue weighted by atomic mass is 16.5. The van der Waals surface area contributed by atoms with E-state index in [-0.39, 0.29) is 18.4 Å². The van der Waals surface area contributed by atoms with Crippen molar-refractivity contribution in [3.8, 4) is 5.75 Å². The molecule has 1 unspecified atom stereocenters. The lowest BCUT2D eigenvalue weighted by molar-refractivity contribution is -0.118. The highest BCUT2D eigenvalue weighted by Crippen LogP contribution is 2.15. The first-order chi connectivity index (χ1) is 9.85. The average molecular weight is 291 g/mol. The van der Waals surface area contributed by atoms with E-state index in [4.69, 9.17) is 4.74 Å². The third-order valence-electron chi connectivity index (χ3n) is 3.48. The van der Waals surface area contributed by atoms with Gasteiger partial charge in [0, 0.05) is 12.6 Å². The number of benzene rings is 1. The van der Waals surface area contributed by atoms with E-state index in [0.29, 0.717) is 6.61 Å². The first-order valence-electron chi connectivity index (χ1n) is 7.26. The number of hydrogen-bond acceptors (Lipinski definition) is 3. The Morgan fingerprint density at radius 2 is 2.00 bits per heavy atom. The minimum absolute atomic E-state index is 0.0767. The molecule has 0 aliphatic rings. The maximum Gasteiger partial charge on any atom is 0.244 e. The molecule has 1 rings (SSSR count). The fourth-order valence-corrected chi connectivity index (χ4v) is 1.54. The lowest BCUT2D eigenvalue weighted by Crippen LogP contribution is -2.43. The minimum Gasteiger partial charge on any atom is -0.494 e. The molecule has 0 saturated carbocycles. The van der Waals surface area contributed by atoms with Crippen LogP contribution in [0, 0.1) is 5.92 Å². The van der Waals surface area contributed by atoms with Gasteiger partial charge in [0.05, 0.1) is 12.2 Å². The zero-order chi connectivity index (χ0) is 15.9. The molecule has 1 amide bonds. The number of aliphatic hydroxyl groups is 1. The van der Waals surface area contributed by atoms with Crippen molar-refractivity contribution in [2.45, 2.75) is 33.3 Å². The fraction of sp³-hybridized carbons (Fsp3) is 0.471. The number of ether oxygens (including phenoxy) is 1. The van der Waals surface area contributed by atoms with E-state index in [1.54, 1.807) is 13.0 Å². The summed E-state index contributed by atoms with van der Waals surface area (Å²) in [5.41, 5.74) is 0.0204. The molecule has 0 aromatic heterocycles. The monoisotopic (exact) mass is 291 g/mol. The van der Waals surface area contributed by atoms with E-state index in [9.17, 15) is 9.90 Å². The van der Waals surface area contributed by atoms with E-state index in [1.807, 2.05) is 45.0 Å². The summed E-state index contributed by atoms with van der Waals surface area (Å²) >= 11 is 0. The standard InChI is InChI=1S/C17H25NO3/c1-5-21-15-9-6-14(7-10-15)8-11-16(19)18-12-17(4,20)13(2)3/h6-11,13,20H,5,12H2,1-4H3,(H,18,19). The van der Waals surface area contributed by atoms with E-state index in [1.165, 1.54) is 6.08 Å². The second-order valence-corrected chi connectivity index (χ2v) is 5.57. The molecule has 0 spiro atoms. The minimum atomic E-state index is -0.900. The quantitative estimate of drug-likeness (QED) is 0.759. The van der Waals surface area contributed by atoms with Crippen molar-refractivity contribution in [1.29, 1.82) is 0 Å². The van der Waals surface area contributed by atoms with Gasteiger partial charge in [-0.1, -0.05) is 26.0 Å². The van der Waals surface area contributed by atoms with Gasteiger partial charge in [-0.2, -0.15) is 0 Å². The molecule has 4 heteroatoms. The van der Waals surface area contributed by atoms with Crippen LogP contribution in [0.15, 0.2) is 30.3 Å². The SMILES string of the molecule is CCOc1ccc(C=CC(=O)NCC(C)(O)C(C)C)cc1. The van der Waals surface area contributed by atoms with Gasteiger partial charge in [0.1, 0.15) is 5.75 Å². The van der Waals surface area contributed by atoms with Crippen LogP contribution in [0.5, 0.6) is 5.75 Å². The Labute approximate surface area is 126 Å². The summed E-state index contributed by atoms with van der Waals surface area (Å²) in [4.78, 5) is 11.7. The summed E-state index contributed by atoms with van der Waals surface area (Å²) in [6, 6.07) is 7.51. The Morgan fingerprint density at radius 3 is 2.52 bits per heavy atom. The molecule has 116 valence electrons. The smallest absolute Gasteiger partial charge is 0.244 e. The zero-order valence-electron chi connectivity index (χ0n) is 13.2. The summed E-state index contributed by atoms with van der Waals surface area (Å²) in [6.07, 6.45) is 3.20. The topological polar surface area (TPSA) is 58.6 Å². The Morgan fingerprint density at radius 1 is 1.38 bits per heavy atom. The molecule has 0 saturated heterocycles. The van der Waals surface area contributed by atoms with Gasteiger partial charge in [0.2, 0.25) is 5.91 Å². The highest BCUT2D eigenvalue weighted by molar-refractivity contribution is 5.91. The van der Waals surface area contributed by atoms with E-state index < -0.39 is 5.60 Å². The van der Waals surface area contributed by atoms with Gasteiger partial charge in [0.25, 0.3) is 0 Å². The molecule has 0 radical (unpaired) electrons. The van der Waals surface area contributed by atoms with Gasteiger partial charge >= 0.3 is 0 Å². The van der Waals surface area contributed by atoms with Crippen LogP contribution < -0.4 is 10.1 Å². The van der Waals surface area contributed by atoms with Crippen LogP contribution >= 0.6 is 0 Å². The third kappa shape index (κ3) is 6.00. The summed E-state index contributed by atoms with van der Waals surface area (Å²) in [7, 11) is 0. The van der Waals surface area contributed by atoms with E-state index in [2.05, 4.69) is 5.32 Å². The molecule has 0 aliphatic heterocycles. The number of carbonyl (C=O) groups excluding carboxylic acids is 1. The number of amides is 1. The van der Waals surface area contributed by atoms with Crippen LogP contribution in [0.3, 0.4) is 0 Å². The number of rotatable bonds is 7. The summed E-state index contributed by atoms with van der Waals surface area (Å²) in [5, 5.41) is 12.8. The van der Waals surface area contributed by atoms with Crippen molar-refractivity contribution in [3.63, 3.8) is 0 Å². The molecule has 1 aromatic rings. The van der Waals surface area contributed by atoms with Crippen LogP contribution in [0.25, 0.3) is 6.08 Å². The van der Waals surface area contributed by atoms with Crippen molar-refractivity contribution in [3.05, 3.63) is 35.9 Å². The molecule has 0 aliphatic carbocycles. The number of carbonyl (C=O) groups is 1. The molecular weight excluding hydrogens is 266 g/mol. The summed E-state index contributed by atoms with van der Waals surface area (Å²) in [5.74, 6) is 0.671. The number of hydrogen-bond donors (Lipinski definition) is 2. The largest absolute Gasteiger partial charge is 0.494 e. The Kier molecular flexibility index (Phi) is 6.43. The molecule has 1 atom stereocenters. The van der Waals surface area contributed by atoms with Crippen molar-refractivity contribution in [2.75, 3.05) is 13.2 Å². The maximum absolute atomic E-state index is 11.7. The van der Waals surface area contributed by atoms with Gasteiger partial charge in [-0.15, -0.1) is 0 Å². The van der Waals surface area contributed by atoms with Gasteiger partial charge in [-0.3, -0.25) is 4.79 Å². The van der Waals surface area contributed by atoms with Crippen LogP contribution in [0.1, 0.15) is 33.3 Å². The molecule has 2 N–H and O–H groups in total. The third-order valence-corrected chi connectivity index (χ3v) is 3.48. The maximum atomic E-state index is 11.7. The first-order valence-corrected chi connectivity index (χ1v) is 7.26. The fourth-order valence-electron chi connectivity index (χ4n) is 1.54. The second kappa shape index (κ2) is 7.84. The molecule has 0 fully saturated rings. The highest BCUT2D eigenvalue weighted by Gasteiger charge is 2.24. The van der Waals surface area contributed by atoms with Crippen LogP contribution in [0.4, 0.5) is 0 Å². The van der Waals surface area contributed by atoms with Crippen molar-refractivity contribution in [2.24, 2.45) is 5.92 Å². The van der Waals surface area contributed by atoms with Gasteiger partial charge in [-0.25, -0.2) is 0 Å². The van der Waals surface area contributed by atoms with Gasteiger partial charge < -0.3 is 15.2 Å². The van der Waals surface area contributed by atoms with Crippen molar-refractivity contribution in [1.82, 2.24) is 5.32 Å². The van der Waals surface area contributed by atoms with Crippen LogP contribution in [-0.2, 0) is 4.79 Å².